The third kappa shape index (κ3) is 2.89. The Balaban J connectivity index is 1.60. The van der Waals surface area contributed by atoms with Gasteiger partial charge in [0.15, 0.2) is 0 Å². The highest BCUT2D eigenvalue weighted by atomic mass is 32.1. The summed E-state index contributed by atoms with van der Waals surface area (Å²) < 4.78 is 18.8. The second-order valence-electron chi connectivity index (χ2n) is 6.07. The maximum atomic E-state index is 13.2. The number of hydrogen-bond acceptors (Lipinski definition) is 6. The number of carbonyl (C=O) groups excluding carboxylic acids is 2. The number of amides is 3. The number of hydrogen-bond donors (Lipinski definition) is 1. The molecule has 0 aliphatic carbocycles. The van der Waals surface area contributed by atoms with E-state index in [-0.39, 0.29) is 12.4 Å². The predicted octanol–water partition coefficient (Wildman–Crippen LogP) is 3.29. The largest absolute Gasteiger partial charge is 0.418 e. The minimum absolute atomic E-state index is 0.133. The van der Waals surface area contributed by atoms with Crippen LogP contribution >= 0.6 is 11.3 Å². The fourth-order valence-electron chi connectivity index (χ4n) is 3.10. The summed E-state index contributed by atoms with van der Waals surface area (Å²) in [6.07, 6.45) is 0.323. The molecule has 9 heteroatoms. The van der Waals surface area contributed by atoms with Gasteiger partial charge in [-0.2, -0.15) is 0 Å². The summed E-state index contributed by atoms with van der Waals surface area (Å²) in [4.78, 5) is 27.4. The lowest BCUT2D eigenvalue weighted by Gasteiger charge is -2.25. The van der Waals surface area contributed by atoms with Crippen molar-refractivity contribution in [3.05, 3.63) is 59.0 Å². The second-order valence-corrected chi connectivity index (χ2v) is 7.01. The Hall–Kier alpha value is -3.07. The SMILES string of the molecule is CCC1(c2ccc(F)cc2)NC(=O)N(Cc2nnc(-c3cccs3)o2)C1=O. The zero-order chi connectivity index (χ0) is 19.0. The summed E-state index contributed by atoms with van der Waals surface area (Å²) in [5.41, 5.74) is -0.710. The van der Waals surface area contributed by atoms with Crippen molar-refractivity contribution in [1.82, 2.24) is 20.4 Å². The Morgan fingerprint density at radius 2 is 2.00 bits per heavy atom. The molecule has 27 heavy (non-hydrogen) atoms. The summed E-state index contributed by atoms with van der Waals surface area (Å²) >= 11 is 1.45. The van der Waals surface area contributed by atoms with Gasteiger partial charge in [-0.25, -0.2) is 9.18 Å². The van der Waals surface area contributed by atoms with Crippen LogP contribution in [-0.2, 0) is 16.9 Å². The Bertz CT molecular complexity index is 986. The number of imide groups is 1. The molecule has 1 unspecified atom stereocenters. The molecule has 1 aliphatic rings. The first-order valence-corrected chi connectivity index (χ1v) is 9.18. The lowest BCUT2D eigenvalue weighted by atomic mass is 9.87. The van der Waals surface area contributed by atoms with Gasteiger partial charge in [0.2, 0.25) is 5.89 Å². The number of nitrogens with one attached hydrogen (secondary N) is 1. The van der Waals surface area contributed by atoms with E-state index in [1.807, 2.05) is 17.5 Å². The molecule has 1 atom stereocenters. The fraction of sp³-hybridized carbons (Fsp3) is 0.222. The first-order chi connectivity index (χ1) is 13.0. The molecule has 0 bridgehead atoms. The van der Waals surface area contributed by atoms with Crippen molar-refractivity contribution < 1.29 is 18.4 Å². The van der Waals surface area contributed by atoms with Crippen LogP contribution in [0.1, 0.15) is 24.8 Å². The number of halogens is 1. The molecule has 3 aromatic rings. The van der Waals surface area contributed by atoms with Crippen molar-refractivity contribution in [3.8, 4) is 10.8 Å². The Morgan fingerprint density at radius 3 is 2.67 bits per heavy atom. The molecule has 138 valence electrons. The van der Waals surface area contributed by atoms with E-state index >= 15 is 0 Å². The van der Waals surface area contributed by atoms with Crippen LogP contribution in [0.5, 0.6) is 0 Å². The van der Waals surface area contributed by atoms with Gasteiger partial charge in [0, 0.05) is 0 Å². The molecule has 7 nitrogen and oxygen atoms in total. The van der Waals surface area contributed by atoms with Crippen LogP contribution in [0, 0.1) is 5.82 Å². The van der Waals surface area contributed by atoms with Crippen molar-refractivity contribution >= 4 is 23.3 Å². The van der Waals surface area contributed by atoms with Crippen molar-refractivity contribution in [1.29, 1.82) is 0 Å². The van der Waals surface area contributed by atoms with Gasteiger partial charge in [-0.1, -0.05) is 25.1 Å². The summed E-state index contributed by atoms with van der Waals surface area (Å²) in [6, 6.07) is 8.68. The first-order valence-electron chi connectivity index (χ1n) is 8.30. The van der Waals surface area contributed by atoms with E-state index in [0.717, 1.165) is 9.78 Å². The van der Waals surface area contributed by atoms with Crippen LogP contribution in [0.4, 0.5) is 9.18 Å². The van der Waals surface area contributed by atoms with E-state index in [0.29, 0.717) is 17.9 Å². The smallest absolute Gasteiger partial charge is 0.325 e. The maximum absolute atomic E-state index is 13.2. The molecule has 1 saturated heterocycles. The summed E-state index contributed by atoms with van der Waals surface area (Å²) in [6.45, 7) is 1.65. The number of aromatic nitrogens is 2. The normalized spacial score (nSPS) is 19.6. The molecule has 0 spiro atoms. The average molecular weight is 386 g/mol. The Morgan fingerprint density at radius 1 is 1.22 bits per heavy atom. The zero-order valence-corrected chi connectivity index (χ0v) is 15.1. The molecular weight excluding hydrogens is 371 g/mol. The van der Waals surface area contributed by atoms with Gasteiger partial charge < -0.3 is 9.73 Å². The number of benzene rings is 1. The number of urea groups is 1. The van der Waals surface area contributed by atoms with Gasteiger partial charge in [-0.3, -0.25) is 9.69 Å². The molecule has 3 heterocycles. The molecular formula is C18H15FN4O3S. The van der Waals surface area contributed by atoms with Gasteiger partial charge >= 0.3 is 6.03 Å². The van der Waals surface area contributed by atoms with Gasteiger partial charge in [0.05, 0.1) is 4.88 Å². The average Bonchev–Trinajstić information content (AvgIpc) is 3.39. The quantitative estimate of drug-likeness (QED) is 0.680. The van der Waals surface area contributed by atoms with Crippen molar-refractivity contribution in [2.75, 3.05) is 0 Å². The zero-order valence-electron chi connectivity index (χ0n) is 14.3. The van der Waals surface area contributed by atoms with Crippen molar-refractivity contribution in [3.63, 3.8) is 0 Å². The summed E-state index contributed by atoms with van der Waals surface area (Å²) in [7, 11) is 0. The highest BCUT2D eigenvalue weighted by molar-refractivity contribution is 7.13. The summed E-state index contributed by atoms with van der Waals surface area (Å²) in [5, 5.41) is 12.5. The molecule has 1 N–H and O–H groups in total. The van der Waals surface area contributed by atoms with Crippen molar-refractivity contribution in [2.45, 2.75) is 25.4 Å². The molecule has 3 amide bonds. The molecule has 4 rings (SSSR count). The highest BCUT2D eigenvalue weighted by Gasteiger charge is 2.51. The van der Waals surface area contributed by atoms with Crippen LogP contribution in [-0.4, -0.2) is 27.0 Å². The molecule has 0 saturated carbocycles. The number of carbonyl (C=O) groups is 2. The summed E-state index contributed by atoms with van der Waals surface area (Å²) in [5.74, 6) is -0.344. The van der Waals surface area contributed by atoms with E-state index in [1.54, 1.807) is 6.92 Å². The van der Waals surface area contributed by atoms with E-state index in [2.05, 4.69) is 15.5 Å². The minimum atomic E-state index is -1.23. The first kappa shape index (κ1) is 17.3. The minimum Gasteiger partial charge on any atom is -0.418 e. The van der Waals surface area contributed by atoms with E-state index in [4.69, 9.17) is 4.42 Å². The molecule has 1 aromatic carbocycles. The Labute approximate surface area is 157 Å². The van der Waals surface area contributed by atoms with Crippen LogP contribution in [0.15, 0.2) is 46.2 Å². The van der Waals surface area contributed by atoms with Crippen LogP contribution < -0.4 is 5.32 Å². The van der Waals surface area contributed by atoms with E-state index < -0.39 is 23.3 Å². The van der Waals surface area contributed by atoms with Gasteiger partial charge in [-0.15, -0.1) is 21.5 Å². The second kappa shape index (κ2) is 6.58. The lowest BCUT2D eigenvalue weighted by molar-refractivity contribution is -0.132. The lowest BCUT2D eigenvalue weighted by Crippen LogP contribution is -2.43. The van der Waals surface area contributed by atoms with Crippen LogP contribution in [0.25, 0.3) is 10.8 Å². The fourth-order valence-corrected chi connectivity index (χ4v) is 3.74. The highest BCUT2D eigenvalue weighted by Crippen LogP contribution is 2.33. The predicted molar refractivity (Wildman–Crippen MR) is 95.1 cm³/mol. The van der Waals surface area contributed by atoms with Crippen molar-refractivity contribution in [2.24, 2.45) is 0 Å². The van der Waals surface area contributed by atoms with Gasteiger partial charge in [0.1, 0.15) is 17.9 Å². The maximum Gasteiger partial charge on any atom is 0.325 e. The van der Waals surface area contributed by atoms with Gasteiger partial charge in [0.25, 0.3) is 11.8 Å². The third-order valence-corrected chi connectivity index (χ3v) is 5.39. The number of rotatable bonds is 5. The third-order valence-electron chi connectivity index (χ3n) is 4.54. The van der Waals surface area contributed by atoms with E-state index in [1.165, 1.54) is 35.6 Å². The Kier molecular flexibility index (Phi) is 4.23. The van der Waals surface area contributed by atoms with Gasteiger partial charge in [-0.05, 0) is 35.6 Å². The number of thiophene rings is 1. The monoisotopic (exact) mass is 386 g/mol. The molecule has 2 aromatic heterocycles. The standard InChI is InChI=1S/C18H15FN4O3S/c1-2-18(11-5-7-12(19)8-6-11)16(24)23(17(25)20-18)10-14-21-22-15(26-14)13-4-3-9-27-13/h3-9H,2,10H2,1H3,(H,20,25). The molecule has 1 aliphatic heterocycles. The molecule has 1 fully saturated rings. The number of nitrogens with zero attached hydrogens (tertiary/aromatic N) is 3. The van der Waals surface area contributed by atoms with Crippen LogP contribution in [0.2, 0.25) is 0 Å². The topological polar surface area (TPSA) is 88.3 Å². The van der Waals surface area contributed by atoms with Crippen LogP contribution in [0.3, 0.4) is 0 Å². The molecule has 0 radical (unpaired) electrons. The van der Waals surface area contributed by atoms with E-state index in [9.17, 15) is 14.0 Å².